The zero-order chi connectivity index (χ0) is 18.2. The first-order valence-electron chi connectivity index (χ1n) is 8.87. The van der Waals surface area contributed by atoms with Crippen LogP contribution in [0, 0.1) is 6.92 Å². The van der Waals surface area contributed by atoms with Crippen molar-refractivity contribution < 1.29 is 14.3 Å². The summed E-state index contributed by atoms with van der Waals surface area (Å²) in [5, 5.41) is 4.79. The maximum atomic E-state index is 12.6. The second-order valence-corrected chi connectivity index (χ2v) is 7.62. The van der Waals surface area contributed by atoms with Crippen molar-refractivity contribution in [1.82, 2.24) is 9.80 Å². The van der Waals surface area contributed by atoms with E-state index in [1.165, 1.54) is 24.2 Å². The molecule has 1 N–H and O–H groups in total. The van der Waals surface area contributed by atoms with Gasteiger partial charge in [-0.3, -0.25) is 14.5 Å². The second-order valence-electron chi connectivity index (χ2n) is 6.54. The van der Waals surface area contributed by atoms with Crippen molar-refractivity contribution in [2.45, 2.75) is 32.6 Å². The number of amides is 2. The van der Waals surface area contributed by atoms with Crippen molar-refractivity contribution >= 4 is 28.8 Å². The summed E-state index contributed by atoms with van der Waals surface area (Å²) in [5.74, 6) is -0.136. The average Bonchev–Trinajstić information content (AvgIpc) is 2.79. The zero-order valence-corrected chi connectivity index (χ0v) is 16.3. The number of nitrogens with one attached hydrogen (secondary N) is 1. The lowest BCUT2D eigenvalue weighted by atomic mass is 10.2. The van der Waals surface area contributed by atoms with Crippen LogP contribution in [-0.4, -0.2) is 68.6 Å². The van der Waals surface area contributed by atoms with Crippen LogP contribution in [0.5, 0.6) is 0 Å². The molecule has 1 saturated heterocycles. The lowest BCUT2D eigenvalue weighted by molar-refractivity contribution is -0.117. The summed E-state index contributed by atoms with van der Waals surface area (Å²) < 4.78 is 5.03. The third-order valence-corrected chi connectivity index (χ3v) is 5.42. The van der Waals surface area contributed by atoms with E-state index in [1.807, 2.05) is 12.3 Å². The molecule has 140 valence electrons. The van der Waals surface area contributed by atoms with Gasteiger partial charge in [-0.25, -0.2) is 0 Å². The number of rotatable bonds is 7. The fourth-order valence-electron chi connectivity index (χ4n) is 2.98. The van der Waals surface area contributed by atoms with Gasteiger partial charge in [0.25, 0.3) is 5.91 Å². The molecule has 2 amide bonds. The Morgan fingerprint density at radius 1 is 1.28 bits per heavy atom. The fourth-order valence-corrected chi connectivity index (χ4v) is 3.77. The highest BCUT2D eigenvalue weighted by Gasteiger charge is 2.21. The van der Waals surface area contributed by atoms with E-state index in [4.69, 9.17) is 4.74 Å². The number of nitrogens with zero attached hydrogens (tertiary/aromatic N) is 2. The van der Waals surface area contributed by atoms with E-state index in [-0.39, 0.29) is 11.8 Å². The van der Waals surface area contributed by atoms with Gasteiger partial charge >= 0.3 is 0 Å². The minimum atomic E-state index is -0.0912. The Hall–Kier alpha value is -1.44. The molecule has 0 atom stereocenters. The third kappa shape index (κ3) is 5.80. The van der Waals surface area contributed by atoms with Crippen molar-refractivity contribution in [3.05, 3.63) is 15.8 Å². The van der Waals surface area contributed by atoms with Gasteiger partial charge in [0.15, 0.2) is 0 Å². The molecule has 0 aliphatic carbocycles. The largest absolute Gasteiger partial charge is 0.383 e. The lowest BCUT2D eigenvalue weighted by Gasteiger charge is -2.20. The van der Waals surface area contributed by atoms with Crippen LogP contribution < -0.4 is 5.32 Å². The molecule has 0 unspecified atom stereocenters. The van der Waals surface area contributed by atoms with Crippen LogP contribution >= 0.6 is 11.3 Å². The Bertz CT molecular complexity index is 580. The molecule has 0 saturated carbocycles. The van der Waals surface area contributed by atoms with Crippen molar-refractivity contribution in [3.8, 4) is 0 Å². The minimum absolute atomic E-state index is 0.0444. The molecule has 0 aromatic carbocycles. The number of likely N-dealkylation sites (tertiary alicyclic amines) is 1. The normalized spacial score (nSPS) is 15.6. The van der Waals surface area contributed by atoms with E-state index in [0.29, 0.717) is 30.9 Å². The van der Waals surface area contributed by atoms with Gasteiger partial charge in [0.05, 0.1) is 24.4 Å². The number of hydrogen-bond acceptors (Lipinski definition) is 5. The van der Waals surface area contributed by atoms with E-state index < -0.39 is 0 Å². The first-order valence-corrected chi connectivity index (χ1v) is 9.75. The molecule has 1 aromatic rings. The quantitative estimate of drug-likeness (QED) is 0.805. The van der Waals surface area contributed by atoms with Gasteiger partial charge in [0.2, 0.25) is 5.91 Å². The number of carbonyl (C=O) groups is 2. The molecule has 1 aliphatic heterocycles. The first-order chi connectivity index (χ1) is 12.0. The fraction of sp³-hybridized carbons (Fsp3) is 0.667. The van der Waals surface area contributed by atoms with Crippen LogP contribution in [0.4, 0.5) is 5.69 Å². The lowest BCUT2D eigenvalue weighted by Crippen LogP contribution is -2.35. The van der Waals surface area contributed by atoms with Gasteiger partial charge in [-0.1, -0.05) is 12.8 Å². The average molecular weight is 368 g/mol. The van der Waals surface area contributed by atoms with E-state index in [9.17, 15) is 9.59 Å². The van der Waals surface area contributed by atoms with E-state index in [1.54, 1.807) is 19.1 Å². The molecule has 1 aliphatic rings. The Morgan fingerprint density at radius 2 is 1.96 bits per heavy atom. The number of ether oxygens (including phenoxy) is 1. The zero-order valence-electron chi connectivity index (χ0n) is 15.5. The van der Waals surface area contributed by atoms with Gasteiger partial charge < -0.3 is 15.0 Å². The number of likely N-dealkylation sites (N-methyl/N-ethyl adjacent to an activating group) is 1. The molecule has 0 bridgehead atoms. The number of carbonyl (C=O) groups excluding carboxylic acids is 2. The van der Waals surface area contributed by atoms with Crippen LogP contribution in [0.1, 0.15) is 40.9 Å². The molecule has 0 spiro atoms. The molecule has 1 aromatic heterocycles. The van der Waals surface area contributed by atoms with Gasteiger partial charge in [-0.15, -0.1) is 11.3 Å². The van der Waals surface area contributed by atoms with Crippen LogP contribution in [-0.2, 0) is 9.53 Å². The predicted molar refractivity (Wildman–Crippen MR) is 101 cm³/mol. The van der Waals surface area contributed by atoms with E-state index in [0.717, 1.165) is 30.8 Å². The Balaban J connectivity index is 2.00. The highest BCUT2D eigenvalue weighted by atomic mass is 32.1. The summed E-state index contributed by atoms with van der Waals surface area (Å²) in [4.78, 5) is 29.9. The Labute approximate surface area is 154 Å². The molecule has 1 fully saturated rings. The standard InChI is InChI=1S/C18H29N3O3S/c1-14-17(15(13-25-14)18(23)20(2)10-11-24-3)19-16(22)12-21-8-6-4-5-7-9-21/h13H,4-12H2,1-3H3,(H,19,22). The second kappa shape index (κ2) is 9.89. The Morgan fingerprint density at radius 3 is 2.60 bits per heavy atom. The van der Waals surface area contributed by atoms with Crippen LogP contribution in [0.15, 0.2) is 5.38 Å². The molecular formula is C18H29N3O3S. The SMILES string of the molecule is COCCN(C)C(=O)c1csc(C)c1NC(=O)CN1CCCCCC1. The van der Waals surface area contributed by atoms with Crippen LogP contribution in [0.2, 0.25) is 0 Å². The van der Waals surface area contributed by atoms with Crippen LogP contribution in [0.25, 0.3) is 0 Å². The summed E-state index contributed by atoms with van der Waals surface area (Å²) in [6.45, 7) is 5.27. The maximum absolute atomic E-state index is 12.6. The monoisotopic (exact) mass is 367 g/mol. The Kier molecular flexibility index (Phi) is 7.87. The van der Waals surface area contributed by atoms with Crippen molar-refractivity contribution in [3.63, 3.8) is 0 Å². The topological polar surface area (TPSA) is 61.9 Å². The van der Waals surface area contributed by atoms with Crippen molar-refractivity contribution in [1.29, 1.82) is 0 Å². The van der Waals surface area contributed by atoms with E-state index >= 15 is 0 Å². The highest BCUT2D eigenvalue weighted by Crippen LogP contribution is 2.28. The van der Waals surface area contributed by atoms with Gasteiger partial charge in [-0.2, -0.15) is 0 Å². The first kappa shape index (κ1) is 19.9. The van der Waals surface area contributed by atoms with Crippen molar-refractivity contribution in [2.75, 3.05) is 52.3 Å². The molecule has 6 nitrogen and oxygen atoms in total. The minimum Gasteiger partial charge on any atom is -0.383 e. The molecule has 2 rings (SSSR count). The summed E-state index contributed by atoms with van der Waals surface area (Å²) in [7, 11) is 3.36. The number of aryl methyl sites for hydroxylation is 1. The van der Waals surface area contributed by atoms with Crippen LogP contribution in [0.3, 0.4) is 0 Å². The maximum Gasteiger partial charge on any atom is 0.256 e. The van der Waals surface area contributed by atoms with Gasteiger partial charge in [0.1, 0.15) is 0 Å². The molecule has 0 radical (unpaired) electrons. The smallest absolute Gasteiger partial charge is 0.256 e. The predicted octanol–water partition coefficient (Wildman–Crippen LogP) is 2.59. The third-order valence-electron chi connectivity index (χ3n) is 4.51. The number of anilines is 1. The summed E-state index contributed by atoms with van der Waals surface area (Å²) >= 11 is 1.48. The molecule has 25 heavy (non-hydrogen) atoms. The number of methoxy groups -OCH3 is 1. The molecule has 2 heterocycles. The summed E-state index contributed by atoms with van der Waals surface area (Å²) in [6, 6.07) is 0. The van der Waals surface area contributed by atoms with Gasteiger partial charge in [-0.05, 0) is 32.9 Å². The molecular weight excluding hydrogens is 338 g/mol. The summed E-state index contributed by atoms with van der Waals surface area (Å²) in [6.07, 6.45) is 4.79. The number of thiophene rings is 1. The molecule has 7 heteroatoms. The van der Waals surface area contributed by atoms with Gasteiger partial charge in [0, 0.05) is 31.0 Å². The van der Waals surface area contributed by atoms with E-state index in [2.05, 4.69) is 10.2 Å². The van der Waals surface area contributed by atoms with Crippen molar-refractivity contribution in [2.24, 2.45) is 0 Å². The summed E-state index contributed by atoms with van der Waals surface area (Å²) in [5.41, 5.74) is 1.21. The highest BCUT2D eigenvalue weighted by molar-refractivity contribution is 7.10. The number of hydrogen-bond donors (Lipinski definition) is 1.